The number of fused-ring (bicyclic) bond motifs is 1. The number of nitrogens with zero attached hydrogens (tertiary/aromatic N) is 3. The highest BCUT2D eigenvalue weighted by Crippen LogP contribution is 2.35. The standard InChI is InChI=1S/C27H38F2N4O4/c1-4-9-31-10-12-32(13-11-31)19-7-5-18(6-8-19)26(35)30-21(14-17(2)3)27(36)33-15-20(25(28)29)24-23(33)22(34)16-37-24/h5-8,17,20-21,23-25H,4,9-16H2,1-3H3,(H,30,35)/t20-,21+,23-,24-/m1/s1. The second-order valence-corrected chi connectivity index (χ2v) is 10.7. The van der Waals surface area contributed by atoms with Crippen LogP contribution in [0.2, 0.25) is 0 Å². The summed E-state index contributed by atoms with van der Waals surface area (Å²) in [7, 11) is 0. The minimum Gasteiger partial charge on any atom is -0.369 e. The molecule has 4 rings (SSSR count). The van der Waals surface area contributed by atoms with Gasteiger partial charge >= 0.3 is 0 Å². The van der Waals surface area contributed by atoms with Crippen LogP contribution in [0.15, 0.2) is 24.3 Å². The molecule has 1 N–H and O–H groups in total. The Kier molecular flexibility index (Phi) is 8.79. The quantitative estimate of drug-likeness (QED) is 0.539. The summed E-state index contributed by atoms with van der Waals surface area (Å²) in [5, 5.41) is 2.81. The second-order valence-electron chi connectivity index (χ2n) is 10.7. The van der Waals surface area contributed by atoms with Crippen molar-refractivity contribution in [3.8, 4) is 0 Å². The number of alkyl halides is 2. The molecule has 0 aliphatic carbocycles. The van der Waals surface area contributed by atoms with Gasteiger partial charge in [-0.2, -0.15) is 0 Å². The third-order valence-electron chi connectivity index (χ3n) is 7.55. The fourth-order valence-electron chi connectivity index (χ4n) is 5.65. The first-order valence-corrected chi connectivity index (χ1v) is 13.3. The Bertz CT molecular complexity index is 966. The highest BCUT2D eigenvalue weighted by molar-refractivity contribution is 5.99. The lowest BCUT2D eigenvalue weighted by atomic mass is 10.0. The number of anilines is 1. The average Bonchev–Trinajstić information content (AvgIpc) is 3.44. The molecule has 8 nitrogen and oxygen atoms in total. The summed E-state index contributed by atoms with van der Waals surface area (Å²) in [4.78, 5) is 44.9. The van der Waals surface area contributed by atoms with E-state index in [-0.39, 0.29) is 24.9 Å². The zero-order valence-electron chi connectivity index (χ0n) is 21.9. The zero-order valence-corrected chi connectivity index (χ0v) is 21.9. The van der Waals surface area contributed by atoms with Gasteiger partial charge in [-0.1, -0.05) is 20.8 Å². The van der Waals surface area contributed by atoms with E-state index in [2.05, 4.69) is 22.0 Å². The SMILES string of the molecule is CCCN1CCN(c2ccc(C(=O)N[C@@H](CC(C)C)C(=O)N3C[C@@H](C(F)F)[C@H]4OCC(=O)[C@H]43)cc2)CC1. The Morgan fingerprint density at radius 3 is 2.38 bits per heavy atom. The summed E-state index contributed by atoms with van der Waals surface area (Å²) in [6.07, 6.45) is -2.24. The molecule has 3 heterocycles. The van der Waals surface area contributed by atoms with E-state index < -0.39 is 42.3 Å². The van der Waals surface area contributed by atoms with Crippen LogP contribution in [0.3, 0.4) is 0 Å². The number of halogens is 2. The predicted molar refractivity (Wildman–Crippen MR) is 136 cm³/mol. The molecule has 0 unspecified atom stereocenters. The molecule has 3 aliphatic heterocycles. The van der Waals surface area contributed by atoms with Gasteiger partial charge in [-0.25, -0.2) is 8.78 Å². The molecule has 3 aliphatic rings. The van der Waals surface area contributed by atoms with Crippen LogP contribution in [0.25, 0.3) is 0 Å². The van der Waals surface area contributed by atoms with Crippen molar-refractivity contribution < 1.29 is 27.9 Å². The molecule has 0 aromatic heterocycles. The molecule has 3 fully saturated rings. The van der Waals surface area contributed by atoms with E-state index in [0.29, 0.717) is 12.0 Å². The van der Waals surface area contributed by atoms with Crippen LogP contribution < -0.4 is 10.2 Å². The highest BCUT2D eigenvalue weighted by Gasteiger charge is 2.55. The number of ether oxygens (including phenoxy) is 1. The van der Waals surface area contributed by atoms with Crippen molar-refractivity contribution in [1.82, 2.24) is 15.1 Å². The van der Waals surface area contributed by atoms with Gasteiger partial charge in [0.2, 0.25) is 12.3 Å². The monoisotopic (exact) mass is 520 g/mol. The maximum atomic E-state index is 13.6. The maximum absolute atomic E-state index is 13.6. The van der Waals surface area contributed by atoms with Crippen molar-refractivity contribution >= 4 is 23.3 Å². The zero-order chi connectivity index (χ0) is 26.7. The van der Waals surface area contributed by atoms with Crippen molar-refractivity contribution in [2.75, 3.05) is 50.8 Å². The number of carbonyl (C=O) groups is 3. The molecule has 204 valence electrons. The first kappa shape index (κ1) is 27.4. The number of benzene rings is 1. The topological polar surface area (TPSA) is 82.2 Å². The largest absolute Gasteiger partial charge is 0.369 e. The normalized spacial score (nSPS) is 25.2. The lowest BCUT2D eigenvalue weighted by Gasteiger charge is -2.36. The third-order valence-corrected chi connectivity index (χ3v) is 7.55. The first-order valence-electron chi connectivity index (χ1n) is 13.3. The first-order chi connectivity index (χ1) is 17.7. The number of likely N-dealkylation sites (tertiary alicyclic amines) is 1. The van der Waals surface area contributed by atoms with Crippen molar-refractivity contribution in [2.45, 2.75) is 58.2 Å². The smallest absolute Gasteiger partial charge is 0.251 e. The van der Waals surface area contributed by atoms with Gasteiger partial charge in [-0.15, -0.1) is 0 Å². The molecule has 3 saturated heterocycles. The van der Waals surface area contributed by atoms with Crippen LogP contribution in [0.1, 0.15) is 44.0 Å². The van der Waals surface area contributed by atoms with E-state index >= 15 is 0 Å². The van der Waals surface area contributed by atoms with Crippen LogP contribution in [0.5, 0.6) is 0 Å². The number of piperazine rings is 1. The Labute approximate surface area is 217 Å². The Morgan fingerprint density at radius 1 is 1.11 bits per heavy atom. The molecule has 4 atom stereocenters. The van der Waals surface area contributed by atoms with E-state index in [1.165, 1.54) is 4.90 Å². The highest BCUT2D eigenvalue weighted by atomic mass is 19.3. The number of hydrogen-bond donors (Lipinski definition) is 1. The summed E-state index contributed by atoms with van der Waals surface area (Å²) in [6, 6.07) is 5.37. The molecule has 2 amide bonds. The summed E-state index contributed by atoms with van der Waals surface area (Å²) in [5.41, 5.74) is 1.46. The number of carbonyl (C=O) groups excluding carboxylic acids is 3. The number of rotatable bonds is 9. The summed E-state index contributed by atoms with van der Waals surface area (Å²) in [6.45, 7) is 10.5. The Morgan fingerprint density at radius 2 is 1.78 bits per heavy atom. The van der Waals surface area contributed by atoms with Gasteiger partial charge in [0.1, 0.15) is 18.7 Å². The number of nitrogens with one attached hydrogen (secondary N) is 1. The van der Waals surface area contributed by atoms with Crippen LogP contribution in [0.4, 0.5) is 14.5 Å². The molecule has 0 radical (unpaired) electrons. The van der Waals surface area contributed by atoms with E-state index in [0.717, 1.165) is 44.8 Å². The fraction of sp³-hybridized carbons (Fsp3) is 0.667. The predicted octanol–water partition coefficient (Wildman–Crippen LogP) is 2.42. The number of hydrogen-bond acceptors (Lipinski definition) is 6. The molecule has 0 spiro atoms. The summed E-state index contributed by atoms with van der Waals surface area (Å²) in [5.74, 6) is -2.45. The molecular formula is C27H38F2N4O4. The number of ketones is 1. The van der Waals surface area contributed by atoms with Gasteiger partial charge < -0.3 is 19.9 Å². The molecule has 37 heavy (non-hydrogen) atoms. The Hall–Kier alpha value is -2.59. The Balaban J connectivity index is 1.42. The van der Waals surface area contributed by atoms with E-state index in [9.17, 15) is 23.2 Å². The number of Topliss-reactive ketones (excluding diaryl/α,β-unsaturated/α-hetero) is 1. The van der Waals surface area contributed by atoms with Gasteiger partial charge in [0.05, 0.1) is 12.0 Å². The minimum absolute atomic E-state index is 0.0582. The second kappa shape index (κ2) is 11.9. The van der Waals surface area contributed by atoms with E-state index in [1.54, 1.807) is 12.1 Å². The van der Waals surface area contributed by atoms with Crippen LogP contribution in [-0.4, -0.2) is 97.9 Å². The summed E-state index contributed by atoms with van der Waals surface area (Å²) < 4.78 is 32.5. The molecule has 1 aromatic carbocycles. The van der Waals surface area contributed by atoms with E-state index in [1.807, 2.05) is 26.0 Å². The minimum atomic E-state index is -2.71. The lowest BCUT2D eigenvalue weighted by molar-refractivity contribution is -0.138. The van der Waals surface area contributed by atoms with Crippen molar-refractivity contribution in [3.63, 3.8) is 0 Å². The van der Waals surface area contributed by atoms with Gasteiger partial charge in [-0.05, 0) is 49.6 Å². The van der Waals surface area contributed by atoms with E-state index in [4.69, 9.17) is 4.74 Å². The van der Waals surface area contributed by atoms with Gasteiger partial charge in [-0.3, -0.25) is 19.3 Å². The fourth-order valence-corrected chi connectivity index (χ4v) is 5.65. The summed E-state index contributed by atoms with van der Waals surface area (Å²) >= 11 is 0. The number of amides is 2. The van der Waals surface area contributed by atoms with Gasteiger partial charge in [0, 0.05) is 44.0 Å². The average molecular weight is 521 g/mol. The molecular weight excluding hydrogens is 482 g/mol. The van der Waals surface area contributed by atoms with Crippen molar-refractivity contribution in [1.29, 1.82) is 0 Å². The van der Waals surface area contributed by atoms with Gasteiger partial charge in [0.15, 0.2) is 5.78 Å². The van der Waals surface area contributed by atoms with Crippen LogP contribution in [-0.2, 0) is 14.3 Å². The lowest BCUT2D eigenvalue weighted by Crippen LogP contribution is -2.52. The van der Waals surface area contributed by atoms with Gasteiger partial charge in [0.25, 0.3) is 5.91 Å². The van der Waals surface area contributed by atoms with Crippen molar-refractivity contribution in [3.05, 3.63) is 29.8 Å². The van der Waals surface area contributed by atoms with Crippen LogP contribution in [0, 0.1) is 11.8 Å². The molecule has 0 bridgehead atoms. The molecule has 0 saturated carbocycles. The third kappa shape index (κ3) is 6.12. The molecule has 10 heteroatoms. The van der Waals surface area contributed by atoms with Crippen molar-refractivity contribution in [2.24, 2.45) is 11.8 Å². The maximum Gasteiger partial charge on any atom is 0.251 e. The van der Waals surface area contributed by atoms with Crippen LogP contribution >= 0.6 is 0 Å². The molecule has 1 aromatic rings.